The fourth-order valence-electron chi connectivity index (χ4n) is 2.06. The molecule has 1 unspecified atom stereocenters. The number of nitrogens with zero attached hydrogens (tertiary/aromatic N) is 1. The molecule has 1 heterocycles. The molecule has 1 aromatic heterocycles. The standard InChI is InChI=1S/C14H18N2/c1-3-13(15-4-2)12-7-8-14-11(10-12)6-5-9-16-14/h5-10,13,15H,3-4H2,1-2H3. The van der Waals surface area contributed by atoms with Gasteiger partial charge in [0.2, 0.25) is 0 Å². The largest absolute Gasteiger partial charge is 0.310 e. The minimum absolute atomic E-state index is 0.453. The summed E-state index contributed by atoms with van der Waals surface area (Å²) in [7, 11) is 0. The SMILES string of the molecule is CCNC(CC)c1ccc2ncccc2c1. The van der Waals surface area contributed by atoms with E-state index < -0.39 is 0 Å². The van der Waals surface area contributed by atoms with Gasteiger partial charge in [-0.05, 0) is 36.7 Å². The fourth-order valence-corrected chi connectivity index (χ4v) is 2.06. The smallest absolute Gasteiger partial charge is 0.0702 e. The van der Waals surface area contributed by atoms with Gasteiger partial charge in [0.05, 0.1) is 5.52 Å². The third kappa shape index (κ3) is 2.22. The van der Waals surface area contributed by atoms with Gasteiger partial charge in [0.25, 0.3) is 0 Å². The molecule has 84 valence electrons. The van der Waals surface area contributed by atoms with Gasteiger partial charge in [-0.3, -0.25) is 4.98 Å². The molecule has 1 atom stereocenters. The Balaban J connectivity index is 2.37. The molecule has 2 nitrogen and oxygen atoms in total. The van der Waals surface area contributed by atoms with E-state index >= 15 is 0 Å². The molecule has 0 radical (unpaired) electrons. The van der Waals surface area contributed by atoms with Crippen LogP contribution < -0.4 is 5.32 Å². The van der Waals surface area contributed by atoms with Crippen LogP contribution in [0.15, 0.2) is 36.5 Å². The molecule has 16 heavy (non-hydrogen) atoms. The van der Waals surface area contributed by atoms with Crippen molar-refractivity contribution in [2.45, 2.75) is 26.3 Å². The van der Waals surface area contributed by atoms with Crippen LogP contribution in [0.2, 0.25) is 0 Å². The first kappa shape index (κ1) is 11.1. The Kier molecular flexibility index (Phi) is 3.52. The van der Waals surface area contributed by atoms with Crippen molar-refractivity contribution in [3.8, 4) is 0 Å². The second-order valence-electron chi connectivity index (χ2n) is 3.97. The lowest BCUT2D eigenvalue weighted by Crippen LogP contribution is -2.19. The summed E-state index contributed by atoms with van der Waals surface area (Å²) in [4.78, 5) is 4.33. The van der Waals surface area contributed by atoms with E-state index in [1.54, 1.807) is 0 Å². The summed E-state index contributed by atoms with van der Waals surface area (Å²) in [5, 5.41) is 4.71. The second kappa shape index (κ2) is 5.08. The molecule has 2 heteroatoms. The van der Waals surface area contributed by atoms with E-state index in [2.05, 4.69) is 48.4 Å². The maximum absolute atomic E-state index is 4.33. The highest BCUT2D eigenvalue weighted by atomic mass is 14.9. The van der Waals surface area contributed by atoms with Gasteiger partial charge in [-0.15, -0.1) is 0 Å². The summed E-state index contributed by atoms with van der Waals surface area (Å²) in [6.45, 7) is 5.36. The van der Waals surface area contributed by atoms with Crippen molar-refractivity contribution in [2.75, 3.05) is 6.54 Å². The molecule has 0 saturated carbocycles. The van der Waals surface area contributed by atoms with Gasteiger partial charge in [0.15, 0.2) is 0 Å². The van der Waals surface area contributed by atoms with Crippen LogP contribution in [0, 0.1) is 0 Å². The third-order valence-electron chi connectivity index (χ3n) is 2.89. The van der Waals surface area contributed by atoms with E-state index in [1.807, 2.05) is 12.3 Å². The van der Waals surface area contributed by atoms with Gasteiger partial charge in [-0.25, -0.2) is 0 Å². The molecule has 0 bridgehead atoms. The van der Waals surface area contributed by atoms with Crippen molar-refractivity contribution in [2.24, 2.45) is 0 Å². The molecule has 0 saturated heterocycles. The van der Waals surface area contributed by atoms with Gasteiger partial charge >= 0.3 is 0 Å². The Morgan fingerprint density at radius 2 is 2.12 bits per heavy atom. The van der Waals surface area contributed by atoms with Crippen molar-refractivity contribution in [3.05, 3.63) is 42.1 Å². The zero-order valence-electron chi connectivity index (χ0n) is 9.90. The number of nitrogens with one attached hydrogen (secondary N) is 1. The molecule has 0 aliphatic heterocycles. The molecule has 0 fully saturated rings. The topological polar surface area (TPSA) is 24.9 Å². The monoisotopic (exact) mass is 214 g/mol. The Morgan fingerprint density at radius 3 is 2.88 bits per heavy atom. The second-order valence-corrected chi connectivity index (χ2v) is 3.97. The summed E-state index contributed by atoms with van der Waals surface area (Å²) in [6.07, 6.45) is 2.95. The Morgan fingerprint density at radius 1 is 1.25 bits per heavy atom. The van der Waals surface area contributed by atoms with Gasteiger partial charge < -0.3 is 5.32 Å². The number of hydrogen-bond donors (Lipinski definition) is 1. The highest BCUT2D eigenvalue weighted by molar-refractivity contribution is 5.79. The van der Waals surface area contributed by atoms with Gasteiger partial charge in [-0.1, -0.05) is 26.0 Å². The average Bonchev–Trinajstić information content (AvgIpc) is 2.35. The first-order valence-corrected chi connectivity index (χ1v) is 5.93. The fraction of sp³-hybridized carbons (Fsp3) is 0.357. The Labute approximate surface area is 96.7 Å². The molecule has 0 amide bonds. The molecule has 2 aromatic rings. The van der Waals surface area contributed by atoms with Gasteiger partial charge in [0, 0.05) is 17.6 Å². The number of benzene rings is 1. The zero-order chi connectivity index (χ0) is 11.4. The highest BCUT2D eigenvalue weighted by Gasteiger charge is 2.07. The van der Waals surface area contributed by atoms with E-state index in [-0.39, 0.29) is 0 Å². The van der Waals surface area contributed by atoms with Crippen molar-refractivity contribution in [3.63, 3.8) is 0 Å². The minimum Gasteiger partial charge on any atom is -0.310 e. The molecular formula is C14H18N2. The molecule has 0 aliphatic rings. The van der Waals surface area contributed by atoms with Crippen LogP contribution in [0.25, 0.3) is 10.9 Å². The highest BCUT2D eigenvalue weighted by Crippen LogP contribution is 2.20. The van der Waals surface area contributed by atoms with E-state index in [0.29, 0.717) is 6.04 Å². The molecule has 0 spiro atoms. The number of pyridine rings is 1. The van der Waals surface area contributed by atoms with Crippen molar-refractivity contribution in [1.29, 1.82) is 0 Å². The lowest BCUT2D eigenvalue weighted by molar-refractivity contribution is 0.538. The van der Waals surface area contributed by atoms with Crippen molar-refractivity contribution >= 4 is 10.9 Å². The van der Waals surface area contributed by atoms with E-state index in [0.717, 1.165) is 18.5 Å². The zero-order valence-corrected chi connectivity index (χ0v) is 9.90. The Bertz CT molecular complexity index is 465. The number of hydrogen-bond acceptors (Lipinski definition) is 2. The lowest BCUT2D eigenvalue weighted by Gasteiger charge is -2.16. The van der Waals surface area contributed by atoms with Crippen LogP contribution in [0.1, 0.15) is 31.9 Å². The number of rotatable bonds is 4. The molecule has 2 rings (SSSR count). The first-order chi connectivity index (χ1) is 7.85. The minimum atomic E-state index is 0.453. The van der Waals surface area contributed by atoms with Crippen LogP contribution in [-0.2, 0) is 0 Å². The summed E-state index contributed by atoms with van der Waals surface area (Å²) >= 11 is 0. The lowest BCUT2D eigenvalue weighted by atomic mass is 10.0. The molecule has 1 aromatic carbocycles. The average molecular weight is 214 g/mol. The van der Waals surface area contributed by atoms with Crippen LogP contribution in [0.4, 0.5) is 0 Å². The van der Waals surface area contributed by atoms with E-state index in [4.69, 9.17) is 0 Å². The van der Waals surface area contributed by atoms with Gasteiger partial charge in [-0.2, -0.15) is 0 Å². The van der Waals surface area contributed by atoms with Crippen molar-refractivity contribution < 1.29 is 0 Å². The van der Waals surface area contributed by atoms with Crippen LogP contribution in [0.5, 0.6) is 0 Å². The van der Waals surface area contributed by atoms with Crippen LogP contribution in [-0.4, -0.2) is 11.5 Å². The molecule has 1 N–H and O–H groups in total. The number of fused-ring (bicyclic) bond motifs is 1. The predicted octanol–water partition coefficient (Wildman–Crippen LogP) is 3.30. The normalized spacial score (nSPS) is 12.9. The predicted molar refractivity (Wildman–Crippen MR) is 68.5 cm³/mol. The quantitative estimate of drug-likeness (QED) is 0.844. The van der Waals surface area contributed by atoms with Crippen molar-refractivity contribution in [1.82, 2.24) is 10.3 Å². The number of aromatic nitrogens is 1. The Hall–Kier alpha value is -1.41. The van der Waals surface area contributed by atoms with E-state index in [9.17, 15) is 0 Å². The summed E-state index contributed by atoms with van der Waals surface area (Å²) < 4.78 is 0. The third-order valence-corrected chi connectivity index (χ3v) is 2.89. The van der Waals surface area contributed by atoms with Gasteiger partial charge in [0.1, 0.15) is 0 Å². The summed E-state index contributed by atoms with van der Waals surface area (Å²) in [6, 6.07) is 11.1. The summed E-state index contributed by atoms with van der Waals surface area (Å²) in [5.74, 6) is 0. The molecule has 0 aliphatic carbocycles. The maximum Gasteiger partial charge on any atom is 0.0702 e. The first-order valence-electron chi connectivity index (χ1n) is 5.93. The van der Waals surface area contributed by atoms with E-state index in [1.165, 1.54) is 10.9 Å². The van der Waals surface area contributed by atoms with Crippen LogP contribution in [0.3, 0.4) is 0 Å². The maximum atomic E-state index is 4.33. The van der Waals surface area contributed by atoms with Crippen LogP contribution >= 0.6 is 0 Å². The molecular weight excluding hydrogens is 196 g/mol. The summed E-state index contributed by atoms with van der Waals surface area (Å²) in [5.41, 5.74) is 2.42.